The molecule has 3 rings (SSSR count). The van der Waals surface area contributed by atoms with E-state index in [1.807, 2.05) is 6.07 Å². The van der Waals surface area contributed by atoms with E-state index < -0.39 is 10.0 Å². The van der Waals surface area contributed by atoms with E-state index in [0.717, 1.165) is 11.1 Å². The minimum Gasteiger partial charge on any atom is -0.265 e. The van der Waals surface area contributed by atoms with Gasteiger partial charge in [-0.2, -0.15) is 0 Å². The molecule has 0 radical (unpaired) electrons. The van der Waals surface area contributed by atoms with Gasteiger partial charge in [0.1, 0.15) is 5.15 Å². The molecule has 0 saturated heterocycles. The number of aromatic nitrogens is 2. The van der Waals surface area contributed by atoms with Crippen molar-refractivity contribution in [1.29, 1.82) is 0 Å². The molecule has 24 heavy (non-hydrogen) atoms. The Morgan fingerprint density at radius 3 is 2.33 bits per heavy atom. The summed E-state index contributed by atoms with van der Waals surface area (Å²) in [5, 5.41) is 0.392. The Balaban J connectivity index is 1.77. The molecule has 0 bridgehead atoms. The van der Waals surface area contributed by atoms with Crippen LogP contribution in [0.15, 0.2) is 71.9 Å². The molecule has 1 N–H and O–H groups in total. The summed E-state index contributed by atoms with van der Waals surface area (Å²) >= 11 is 5.88. The van der Waals surface area contributed by atoms with Crippen molar-refractivity contribution < 1.29 is 8.42 Å². The number of rotatable bonds is 5. The molecule has 1 aromatic carbocycles. The number of halogens is 1. The predicted molar refractivity (Wildman–Crippen MR) is 92.9 cm³/mol. The molecule has 0 unspecified atom stereocenters. The molecule has 0 spiro atoms. The number of hydrogen-bond donors (Lipinski definition) is 1. The van der Waals surface area contributed by atoms with Gasteiger partial charge in [0, 0.05) is 24.5 Å². The standard InChI is InChI=1S/C17H14ClN3O2S/c18-17-3-1-2-16(21-17)14-4-6-15(7-5-14)24(22,23)20-12-13-8-10-19-11-9-13/h1-11,20H,12H2. The molecular weight excluding hydrogens is 346 g/mol. The largest absolute Gasteiger partial charge is 0.265 e. The van der Waals surface area contributed by atoms with Crippen molar-refractivity contribution in [3.8, 4) is 11.3 Å². The Morgan fingerprint density at radius 2 is 1.67 bits per heavy atom. The van der Waals surface area contributed by atoms with E-state index in [1.165, 1.54) is 0 Å². The van der Waals surface area contributed by atoms with Gasteiger partial charge in [0.2, 0.25) is 10.0 Å². The fourth-order valence-electron chi connectivity index (χ4n) is 2.14. The van der Waals surface area contributed by atoms with E-state index in [9.17, 15) is 8.42 Å². The second-order valence-corrected chi connectivity index (χ2v) is 7.20. The van der Waals surface area contributed by atoms with Crippen LogP contribution < -0.4 is 4.72 Å². The van der Waals surface area contributed by atoms with E-state index in [2.05, 4.69) is 14.7 Å². The van der Waals surface area contributed by atoms with E-state index in [-0.39, 0.29) is 11.4 Å². The third-order valence-electron chi connectivity index (χ3n) is 3.39. The number of nitrogens with one attached hydrogen (secondary N) is 1. The van der Waals surface area contributed by atoms with Crippen LogP contribution in [0.4, 0.5) is 0 Å². The van der Waals surface area contributed by atoms with Gasteiger partial charge in [0.15, 0.2) is 0 Å². The van der Waals surface area contributed by atoms with Gasteiger partial charge >= 0.3 is 0 Å². The van der Waals surface area contributed by atoms with Crippen LogP contribution >= 0.6 is 11.6 Å². The normalized spacial score (nSPS) is 11.4. The first-order valence-electron chi connectivity index (χ1n) is 7.16. The zero-order valence-corrected chi connectivity index (χ0v) is 14.1. The monoisotopic (exact) mass is 359 g/mol. The van der Waals surface area contributed by atoms with E-state index >= 15 is 0 Å². The number of sulfonamides is 1. The first-order chi connectivity index (χ1) is 11.5. The predicted octanol–water partition coefficient (Wildman–Crippen LogP) is 3.28. The van der Waals surface area contributed by atoms with Crippen LogP contribution in [0.2, 0.25) is 5.15 Å². The van der Waals surface area contributed by atoms with Gasteiger partial charge in [0.05, 0.1) is 10.6 Å². The molecule has 0 aliphatic rings. The Hall–Kier alpha value is -2.28. The van der Waals surface area contributed by atoms with Crippen LogP contribution in [0.1, 0.15) is 5.56 Å². The fourth-order valence-corrected chi connectivity index (χ4v) is 3.32. The second-order valence-electron chi connectivity index (χ2n) is 5.05. The molecule has 0 fully saturated rings. The lowest BCUT2D eigenvalue weighted by Gasteiger charge is -2.08. The number of hydrogen-bond acceptors (Lipinski definition) is 4. The summed E-state index contributed by atoms with van der Waals surface area (Å²) in [6.45, 7) is 0.211. The Bertz CT molecular complexity index is 930. The number of benzene rings is 1. The summed E-state index contributed by atoms with van der Waals surface area (Å²) in [5.74, 6) is 0. The lowest BCUT2D eigenvalue weighted by molar-refractivity contribution is 0.581. The van der Waals surface area contributed by atoms with Crippen molar-refractivity contribution in [1.82, 2.24) is 14.7 Å². The van der Waals surface area contributed by atoms with Crippen molar-refractivity contribution in [2.24, 2.45) is 0 Å². The molecule has 2 aromatic heterocycles. The highest BCUT2D eigenvalue weighted by Crippen LogP contribution is 2.21. The van der Waals surface area contributed by atoms with Gasteiger partial charge in [-0.15, -0.1) is 0 Å². The highest BCUT2D eigenvalue weighted by atomic mass is 35.5. The van der Waals surface area contributed by atoms with E-state index in [0.29, 0.717) is 10.8 Å². The highest BCUT2D eigenvalue weighted by molar-refractivity contribution is 7.89. The Morgan fingerprint density at radius 1 is 0.958 bits per heavy atom. The van der Waals surface area contributed by atoms with Gasteiger partial charge < -0.3 is 0 Å². The molecule has 2 heterocycles. The zero-order chi connectivity index (χ0) is 17.0. The van der Waals surface area contributed by atoms with Crippen LogP contribution in [-0.2, 0) is 16.6 Å². The average molecular weight is 360 g/mol. The minimum atomic E-state index is -3.58. The Labute approximate surface area is 145 Å². The fraction of sp³-hybridized carbons (Fsp3) is 0.0588. The third kappa shape index (κ3) is 3.97. The summed E-state index contributed by atoms with van der Waals surface area (Å²) in [6.07, 6.45) is 3.24. The topological polar surface area (TPSA) is 72.0 Å². The molecule has 0 aliphatic carbocycles. The summed E-state index contributed by atoms with van der Waals surface area (Å²) in [4.78, 5) is 8.30. The second kappa shape index (κ2) is 7.09. The lowest BCUT2D eigenvalue weighted by Crippen LogP contribution is -2.23. The van der Waals surface area contributed by atoms with Crippen molar-refractivity contribution in [2.75, 3.05) is 0 Å². The molecule has 0 atom stereocenters. The van der Waals surface area contributed by atoms with Crippen molar-refractivity contribution in [2.45, 2.75) is 11.4 Å². The first-order valence-corrected chi connectivity index (χ1v) is 9.02. The highest BCUT2D eigenvalue weighted by Gasteiger charge is 2.14. The quantitative estimate of drug-likeness (QED) is 0.709. The number of nitrogens with zero attached hydrogens (tertiary/aromatic N) is 2. The van der Waals surface area contributed by atoms with Gasteiger partial charge in [-0.1, -0.05) is 29.8 Å². The molecule has 0 saturated carbocycles. The van der Waals surface area contributed by atoms with Crippen molar-refractivity contribution in [3.05, 3.63) is 77.7 Å². The molecule has 0 amide bonds. The maximum Gasteiger partial charge on any atom is 0.240 e. The van der Waals surface area contributed by atoms with Crippen LogP contribution in [0, 0.1) is 0 Å². The molecule has 3 aromatic rings. The van der Waals surface area contributed by atoms with Gasteiger partial charge in [-0.3, -0.25) is 4.98 Å². The maximum atomic E-state index is 12.3. The van der Waals surface area contributed by atoms with Crippen molar-refractivity contribution in [3.63, 3.8) is 0 Å². The van der Waals surface area contributed by atoms with Crippen LogP contribution in [0.3, 0.4) is 0 Å². The first kappa shape index (κ1) is 16.6. The van der Waals surface area contributed by atoms with E-state index in [4.69, 9.17) is 11.6 Å². The molecule has 122 valence electrons. The molecule has 5 nitrogen and oxygen atoms in total. The summed E-state index contributed by atoms with van der Waals surface area (Å²) in [5.41, 5.74) is 2.33. The molecular formula is C17H14ClN3O2S. The van der Waals surface area contributed by atoms with Gasteiger partial charge in [-0.25, -0.2) is 18.1 Å². The zero-order valence-electron chi connectivity index (χ0n) is 12.6. The van der Waals surface area contributed by atoms with Crippen LogP contribution in [0.5, 0.6) is 0 Å². The van der Waals surface area contributed by atoms with Gasteiger partial charge in [0.25, 0.3) is 0 Å². The summed E-state index contributed by atoms with van der Waals surface area (Å²) in [7, 11) is -3.58. The minimum absolute atomic E-state index is 0.197. The van der Waals surface area contributed by atoms with Crippen molar-refractivity contribution >= 4 is 21.6 Å². The molecule has 7 heteroatoms. The van der Waals surface area contributed by atoms with E-state index in [1.54, 1.807) is 60.9 Å². The molecule has 0 aliphatic heterocycles. The summed E-state index contributed by atoms with van der Waals surface area (Å²) < 4.78 is 27.3. The smallest absolute Gasteiger partial charge is 0.240 e. The number of pyridine rings is 2. The van der Waals surface area contributed by atoms with Crippen LogP contribution in [0.25, 0.3) is 11.3 Å². The average Bonchev–Trinajstić information content (AvgIpc) is 2.61. The maximum absolute atomic E-state index is 12.3. The summed E-state index contributed by atoms with van der Waals surface area (Å²) in [6, 6.07) is 15.3. The lowest BCUT2D eigenvalue weighted by atomic mass is 10.1. The Kier molecular flexibility index (Phi) is 4.89. The van der Waals surface area contributed by atoms with Crippen LogP contribution in [-0.4, -0.2) is 18.4 Å². The SMILES string of the molecule is O=S(=O)(NCc1ccncc1)c1ccc(-c2cccc(Cl)n2)cc1. The third-order valence-corrected chi connectivity index (χ3v) is 5.02. The van der Waals surface area contributed by atoms with Gasteiger partial charge in [-0.05, 0) is 42.0 Å².